The number of nitrogens with zero attached hydrogens (tertiary/aromatic N) is 7. The van der Waals surface area contributed by atoms with Gasteiger partial charge in [-0.3, -0.25) is 18.8 Å². The number of benzene rings is 1. The summed E-state index contributed by atoms with van der Waals surface area (Å²) < 4.78 is 72.8. The van der Waals surface area contributed by atoms with Crippen LogP contribution in [0.25, 0.3) is 22.2 Å². The maximum Gasteiger partial charge on any atom is 0.433 e. The minimum Gasteiger partial charge on any atom is -0.328 e. The van der Waals surface area contributed by atoms with E-state index in [4.69, 9.17) is 0 Å². The summed E-state index contributed by atoms with van der Waals surface area (Å²) in [5.74, 6) is -2.27. The number of carbonyl (C=O) groups is 1. The van der Waals surface area contributed by atoms with E-state index in [0.29, 0.717) is 17.3 Å². The van der Waals surface area contributed by atoms with Gasteiger partial charge >= 0.3 is 6.18 Å². The Morgan fingerprint density at radius 1 is 1.06 bits per heavy atom. The van der Waals surface area contributed by atoms with Crippen molar-refractivity contribution in [3.05, 3.63) is 52.6 Å². The van der Waals surface area contributed by atoms with Crippen LogP contribution in [0.15, 0.2) is 18.3 Å². The van der Waals surface area contributed by atoms with E-state index in [0.717, 1.165) is 16.9 Å². The molecule has 35 heavy (non-hydrogen) atoms. The van der Waals surface area contributed by atoms with Crippen molar-refractivity contribution in [1.29, 1.82) is 0 Å². The first kappa shape index (κ1) is 23.0. The van der Waals surface area contributed by atoms with Crippen molar-refractivity contribution in [3.8, 4) is 11.3 Å². The van der Waals surface area contributed by atoms with Crippen molar-refractivity contribution in [2.24, 2.45) is 21.1 Å². The van der Waals surface area contributed by atoms with E-state index in [1.807, 2.05) is 0 Å². The normalized spacial score (nSPS) is 16.3. The second-order valence-electron chi connectivity index (χ2n) is 8.54. The standard InChI is InChI=1S/C22H20F5N7O/c1-10-17-12(19(32(3)29-17)13-9-28-33(4)20(13)22(25,26)27)5-6-34(10)21(35)18-16-14(24)7-11(23)8-15(16)31(2)30-18/h7-10H,5-6H2,1-4H3. The smallest absolute Gasteiger partial charge is 0.328 e. The van der Waals surface area contributed by atoms with Crippen LogP contribution >= 0.6 is 0 Å². The average molecular weight is 493 g/mol. The molecule has 1 atom stereocenters. The Hall–Kier alpha value is -3.77. The maximum absolute atomic E-state index is 14.6. The van der Waals surface area contributed by atoms with Crippen LogP contribution in [0.3, 0.4) is 0 Å². The van der Waals surface area contributed by atoms with Gasteiger partial charge in [-0.25, -0.2) is 8.78 Å². The Labute approximate surface area is 195 Å². The number of alkyl halides is 3. The summed E-state index contributed by atoms with van der Waals surface area (Å²) in [7, 11) is 4.24. The molecule has 1 aliphatic heterocycles. The van der Waals surface area contributed by atoms with Crippen LogP contribution in [0.4, 0.5) is 22.0 Å². The van der Waals surface area contributed by atoms with Gasteiger partial charge in [0.25, 0.3) is 5.91 Å². The van der Waals surface area contributed by atoms with Gasteiger partial charge in [0.15, 0.2) is 11.4 Å². The third-order valence-electron chi connectivity index (χ3n) is 6.44. The van der Waals surface area contributed by atoms with Crippen molar-refractivity contribution in [3.63, 3.8) is 0 Å². The molecule has 0 saturated heterocycles. The van der Waals surface area contributed by atoms with Crippen LogP contribution in [0.5, 0.6) is 0 Å². The number of rotatable bonds is 2. The summed E-state index contributed by atoms with van der Waals surface area (Å²) in [6, 6.07) is 1.16. The third kappa shape index (κ3) is 3.40. The first-order valence-corrected chi connectivity index (χ1v) is 10.7. The lowest BCUT2D eigenvalue weighted by molar-refractivity contribution is -0.143. The lowest BCUT2D eigenvalue weighted by atomic mass is 9.95. The molecule has 0 bridgehead atoms. The Kier molecular flexibility index (Phi) is 5.00. The van der Waals surface area contributed by atoms with Crippen LogP contribution in [0.1, 0.15) is 40.4 Å². The Bertz CT molecular complexity index is 1500. The number of halogens is 5. The number of carbonyl (C=O) groups excluding carboxylic acids is 1. The highest BCUT2D eigenvalue weighted by Crippen LogP contribution is 2.41. The number of aryl methyl sites for hydroxylation is 3. The van der Waals surface area contributed by atoms with E-state index >= 15 is 0 Å². The summed E-state index contributed by atoms with van der Waals surface area (Å²) in [6.45, 7) is 1.84. The molecule has 1 aromatic carbocycles. The minimum atomic E-state index is -4.62. The van der Waals surface area contributed by atoms with Crippen molar-refractivity contribution >= 4 is 16.8 Å². The average Bonchev–Trinajstić information content (AvgIpc) is 3.41. The van der Waals surface area contributed by atoms with Gasteiger partial charge in [0.05, 0.1) is 40.1 Å². The van der Waals surface area contributed by atoms with Gasteiger partial charge < -0.3 is 4.90 Å². The fourth-order valence-corrected chi connectivity index (χ4v) is 4.89. The number of hydrogen-bond acceptors (Lipinski definition) is 4. The summed E-state index contributed by atoms with van der Waals surface area (Å²) >= 11 is 0. The molecule has 0 radical (unpaired) electrons. The largest absolute Gasteiger partial charge is 0.433 e. The molecule has 13 heteroatoms. The maximum atomic E-state index is 14.6. The van der Waals surface area contributed by atoms with Gasteiger partial charge in [0.1, 0.15) is 11.6 Å². The fourth-order valence-electron chi connectivity index (χ4n) is 4.89. The Balaban J connectivity index is 1.56. The van der Waals surface area contributed by atoms with E-state index in [9.17, 15) is 26.7 Å². The second-order valence-corrected chi connectivity index (χ2v) is 8.54. The first-order valence-electron chi connectivity index (χ1n) is 10.7. The summed E-state index contributed by atoms with van der Waals surface area (Å²) in [5.41, 5.74) is 0.280. The molecule has 8 nitrogen and oxygen atoms in total. The third-order valence-corrected chi connectivity index (χ3v) is 6.44. The highest BCUT2D eigenvalue weighted by molar-refractivity contribution is 6.05. The molecule has 3 aromatic heterocycles. The predicted molar refractivity (Wildman–Crippen MR) is 114 cm³/mol. The molecular weight excluding hydrogens is 473 g/mol. The number of amides is 1. The van der Waals surface area contributed by atoms with Crippen LogP contribution in [0, 0.1) is 11.6 Å². The van der Waals surface area contributed by atoms with Crippen LogP contribution < -0.4 is 0 Å². The predicted octanol–water partition coefficient (Wildman–Crippen LogP) is 3.76. The van der Waals surface area contributed by atoms with Gasteiger partial charge in [-0.1, -0.05) is 0 Å². The Morgan fingerprint density at radius 3 is 2.46 bits per heavy atom. The van der Waals surface area contributed by atoms with Crippen LogP contribution in [-0.2, 0) is 33.7 Å². The van der Waals surface area contributed by atoms with E-state index in [2.05, 4.69) is 15.3 Å². The van der Waals surface area contributed by atoms with E-state index in [1.54, 1.807) is 6.92 Å². The molecule has 1 aliphatic rings. The fraction of sp³-hybridized carbons (Fsp3) is 0.364. The Morgan fingerprint density at radius 2 is 1.77 bits per heavy atom. The lowest BCUT2D eigenvalue weighted by Gasteiger charge is -2.32. The molecule has 4 heterocycles. The number of fused-ring (bicyclic) bond motifs is 2. The highest BCUT2D eigenvalue weighted by Gasteiger charge is 2.41. The molecule has 0 saturated carbocycles. The molecule has 0 aliphatic carbocycles. The van der Waals surface area contributed by atoms with E-state index in [-0.39, 0.29) is 40.8 Å². The molecule has 184 valence electrons. The molecule has 0 spiro atoms. The SMILES string of the molecule is CC1c2nn(C)c(-c3cnn(C)c3C(F)(F)F)c2CCN1C(=O)c1nn(C)c2cc(F)cc(F)c12. The van der Waals surface area contributed by atoms with Crippen molar-refractivity contribution < 1.29 is 26.7 Å². The second kappa shape index (κ2) is 7.62. The zero-order valence-corrected chi connectivity index (χ0v) is 19.2. The molecule has 5 rings (SSSR count). The zero-order valence-electron chi connectivity index (χ0n) is 19.2. The van der Waals surface area contributed by atoms with Gasteiger partial charge in [-0.15, -0.1) is 0 Å². The van der Waals surface area contributed by atoms with E-state index in [1.165, 1.54) is 35.4 Å². The molecule has 4 aromatic rings. The molecular formula is C22H20F5N7O. The lowest BCUT2D eigenvalue weighted by Crippen LogP contribution is -2.39. The van der Waals surface area contributed by atoms with Crippen molar-refractivity contribution in [1.82, 2.24) is 34.2 Å². The molecule has 1 amide bonds. The minimum absolute atomic E-state index is 0.0937. The summed E-state index contributed by atoms with van der Waals surface area (Å²) in [6.07, 6.45) is -3.24. The number of aromatic nitrogens is 6. The quantitative estimate of drug-likeness (QED) is 0.399. The van der Waals surface area contributed by atoms with Crippen LogP contribution in [-0.4, -0.2) is 46.7 Å². The zero-order chi connectivity index (χ0) is 25.4. The van der Waals surface area contributed by atoms with E-state index < -0.39 is 35.5 Å². The number of hydrogen-bond donors (Lipinski definition) is 0. The molecule has 0 N–H and O–H groups in total. The van der Waals surface area contributed by atoms with Crippen molar-refractivity contribution in [2.75, 3.05) is 6.54 Å². The topological polar surface area (TPSA) is 73.8 Å². The van der Waals surface area contributed by atoms with Gasteiger partial charge in [-0.05, 0) is 19.4 Å². The molecule has 0 fully saturated rings. The monoisotopic (exact) mass is 493 g/mol. The summed E-state index contributed by atoms with van der Waals surface area (Å²) in [4.78, 5) is 14.9. The molecule has 1 unspecified atom stereocenters. The van der Waals surface area contributed by atoms with Crippen LogP contribution in [0.2, 0.25) is 0 Å². The van der Waals surface area contributed by atoms with Gasteiger partial charge in [0.2, 0.25) is 0 Å². The highest BCUT2D eigenvalue weighted by atomic mass is 19.4. The van der Waals surface area contributed by atoms with Gasteiger partial charge in [-0.2, -0.15) is 28.5 Å². The van der Waals surface area contributed by atoms with Crippen molar-refractivity contribution in [2.45, 2.75) is 25.6 Å². The van der Waals surface area contributed by atoms with Gasteiger partial charge in [0, 0.05) is 39.3 Å². The first-order chi connectivity index (χ1) is 16.4. The summed E-state index contributed by atoms with van der Waals surface area (Å²) in [5, 5.41) is 12.3.